The van der Waals surface area contributed by atoms with Crippen LogP contribution in [0.2, 0.25) is 5.02 Å². The van der Waals surface area contributed by atoms with E-state index in [4.69, 9.17) is 17.3 Å². The van der Waals surface area contributed by atoms with Crippen LogP contribution in [-0.4, -0.2) is 28.9 Å². The molecule has 0 saturated carbocycles. The molecule has 90 valence electrons. The molecule has 1 heterocycles. The van der Waals surface area contributed by atoms with Gasteiger partial charge in [-0.2, -0.15) is 4.98 Å². The number of hydrogen-bond donors (Lipinski definition) is 1. The van der Waals surface area contributed by atoms with Crippen molar-refractivity contribution in [1.82, 2.24) is 14.8 Å². The van der Waals surface area contributed by atoms with Crippen LogP contribution >= 0.6 is 11.6 Å². The fraction of sp³-hybridized carbons (Fsp3) is 0.273. The largest absolute Gasteiger partial charge is 0.368 e. The summed E-state index contributed by atoms with van der Waals surface area (Å²) in [6.07, 6.45) is 0. The summed E-state index contributed by atoms with van der Waals surface area (Å²) in [5, 5.41) is 5.00. The molecule has 6 heteroatoms. The highest BCUT2D eigenvalue weighted by atomic mass is 35.5. The molecule has 0 radical (unpaired) electrons. The van der Waals surface area contributed by atoms with Gasteiger partial charge < -0.3 is 10.6 Å². The molecule has 0 saturated heterocycles. The minimum atomic E-state index is 0.397. The van der Waals surface area contributed by atoms with Crippen molar-refractivity contribution in [2.75, 3.05) is 24.7 Å². The average Bonchev–Trinajstić information content (AvgIpc) is 2.61. The molecule has 17 heavy (non-hydrogen) atoms. The van der Waals surface area contributed by atoms with Gasteiger partial charge in [-0.1, -0.05) is 23.7 Å². The van der Waals surface area contributed by atoms with Crippen LogP contribution in [0.5, 0.6) is 0 Å². The van der Waals surface area contributed by atoms with Gasteiger partial charge in [-0.05, 0) is 17.7 Å². The molecule has 5 nitrogen and oxygen atoms in total. The number of nitrogen functional groups attached to an aromatic ring is 1. The SMILES string of the molecule is CN(C)c1nc(N)n(Cc2cccc(Cl)c2)n1. The second kappa shape index (κ2) is 4.63. The van der Waals surface area contributed by atoms with E-state index in [1.165, 1.54) is 0 Å². The number of nitrogens with zero attached hydrogens (tertiary/aromatic N) is 4. The lowest BCUT2D eigenvalue weighted by Crippen LogP contribution is -2.11. The van der Waals surface area contributed by atoms with E-state index in [0.717, 1.165) is 5.56 Å². The Kier molecular flexibility index (Phi) is 3.19. The van der Waals surface area contributed by atoms with Crippen LogP contribution in [0.4, 0.5) is 11.9 Å². The predicted molar refractivity (Wildman–Crippen MR) is 69.3 cm³/mol. The minimum absolute atomic E-state index is 0.397. The molecule has 0 spiro atoms. The summed E-state index contributed by atoms with van der Waals surface area (Å²) in [6.45, 7) is 0.563. The lowest BCUT2D eigenvalue weighted by Gasteiger charge is -2.05. The summed E-state index contributed by atoms with van der Waals surface area (Å²) in [7, 11) is 3.75. The third-order valence-electron chi connectivity index (χ3n) is 2.31. The van der Waals surface area contributed by atoms with Crippen LogP contribution in [0, 0.1) is 0 Å². The number of rotatable bonds is 3. The molecule has 0 unspecified atom stereocenters. The second-order valence-corrected chi connectivity index (χ2v) is 4.39. The number of hydrogen-bond acceptors (Lipinski definition) is 4. The Morgan fingerprint density at radius 1 is 1.41 bits per heavy atom. The summed E-state index contributed by atoms with van der Waals surface area (Å²) < 4.78 is 1.65. The summed E-state index contributed by atoms with van der Waals surface area (Å²) in [5.41, 5.74) is 6.84. The van der Waals surface area contributed by atoms with Gasteiger partial charge in [-0.25, -0.2) is 4.68 Å². The number of nitrogens with two attached hydrogens (primary N) is 1. The Hall–Kier alpha value is -1.75. The zero-order valence-corrected chi connectivity index (χ0v) is 10.5. The Morgan fingerprint density at radius 2 is 2.18 bits per heavy atom. The number of halogens is 1. The van der Waals surface area contributed by atoms with Gasteiger partial charge in [-0.15, -0.1) is 5.10 Å². The molecule has 0 amide bonds. The molecule has 2 rings (SSSR count). The Balaban J connectivity index is 2.24. The molecule has 0 aliphatic rings. The molecule has 1 aromatic carbocycles. The van der Waals surface area contributed by atoms with Crippen molar-refractivity contribution >= 4 is 23.5 Å². The number of anilines is 2. The molecule has 0 bridgehead atoms. The fourth-order valence-corrected chi connectivity index (χ4v) is 1.67. The van der Waals surface area contributed by atoms with Gasteiger partial charge in [0.05, 0.1) is 6.54 Å². The molecule has 0 atom stereocenters. The summed E-state index contributed by atoms with van der Waals surface area (Å²) in [6, 6.07) is 7.60. The van der Waals surface area contributed by atoms with Gasteiger partial charge in [0.2, 0.25) is 11.9 Å². The third kappa shape index (κ3) is 2.68. The summed E-state index contributed by atoms with van der Waals surface area (Å²) in [4.78, 5) is 5.96. The molecule has 0 fully saturated rings. The Labute approximate surface area is 105 Å². The predicted octanol–water partition coefficient (Wildman–Crippen LogP) is 1.63. The number of benzene rings is 1. The quantitative estimate of drug-likeness (QED) is 0.901. The second-order valence-electron chi connectivity index (χ2n) is 3.95. The normalized spacial score (nSPS) is 10.5. The van der Waals surface area contributed by atoms with Gasteiger partial charge in [0, 0.05) is 19.1 Å². The Bertz CT molecular complexity index is 520. The first kappa shape index (κ1) is 11.7. The van der Waals surface area contributed by atoms with E-state index < -0.39 is 0 Å². The zero-order chi connectivity index (χ0) is 12.4. The van der Waals surface area contributed by atoms with Gasteiger partial charge in [0.15, 0.2) is 0 Å². The van der Waals surface area contributed by atoms with Gasteiger partial charge >= 0.3 is 0 Å². The highest BCUT2D eigenvalue weighted by Crippen LogP contribution is 2.14. The van der Waals surface area contributed by atoms with Gasteiger partial charge in [0.1, 0.15) is 0 Å². The first-order chi connectivity index (χ1) is 8.06. The van der Waals surface area contributed by atoms with Crippen LogP contribution in [-0.2, 0) is 6.54 Å². The highest BCUT2D eigenvalue weighted by molar-refractivity contribution is 6.30. The monoisotopic (exact) mass is 251 g/mol. The van der Waals surface area contributed by atoms with E-state index in [1.54, 1.807) is 4.68 Å². The summed E-state index contributed by atoms with van der Waals surface area (Å²) >= 11 is 5.92. The van der Waals surface area contributed by atoms with Crippen molar-refractivity contribution in [2.45, 2.75) is 6.54 Å². The van der Waals surface area contributed by atoms with Gasteiger partial charge in [0.25, 0.3) is 0 Å². The van der Waals surface area contributed by atoms with Gasteiger partial charge in [-0.3, -0.25) is 0 Å². The lowest BCUT2D eigenvalue weighted by atomic mass is 10.2. The average molecular weight is 252 g/mol. The van der Waals surface area contributed by atoms with Crippen LogP contribution < -0.4 is 10.6 Å². The molecule has 2 aromatic rings. The van der Waals surface area contributed by atoms with Crippen molar-refractivity contribution < 1.29 is 0 Å². The van der Waals surface area contributed by atoms with Crippen LogP contribution in [0.15, 0.2) is 24.3 Å². The molecule has 1 aromatic heterocycles. The maximum atomic E-state index is 5.92. The standard InChI is InChI=1S/C11H14ClN5/c1-16(2)11-14-10(13)17(15-11)7-8-4-3-5-9(12)6-8/h3-6H,7H2,1-2H3,(H2,13,14,15). The van der Waals surface area contributed by atoms with Crippen LogP contribution in [0.25, 0.3) is 0 Å². The topological polar surface area (TPSA) is 60.0 Å². The summed E-state index contributed by atoms with van der Waals surface area (Å²) in [5.74, 6) is 0.998. The molecule has 0 aliphatic heterocycles. The van der Waals surface area contributed by atoms with E-state index in [9.17, 15) is 0 Å². The molecular formula is C11H14ClN5. The van der Waals surface area contributed by atoms with Crippen molar-refractivity contribution in [3.63, 3.8) is 0 Å². The maximum absolute atomic E-state index is 5.92. The van der Waals surface area contributed by atoms with E-state index >= 15 is 0 Å². The van der Waals surface area contributed by atoms with E-state index in [-0.39, 0.29) is 0 Å². The van der Waals surface area contributed by atoms with E-state index in [0.29, 0.717) is 23.5 Å². The van der Waals surface area contributed by atoms with E-state index in [1.807, 2.05) is 43.3 Å². The first-order valence-electron chi connectivity index (χ1n) is 5.18. The molecule has 2 N–H and O–H groups in total. The lowest BCUT2D eigenvalue weighted by molar-refractivity contribution is 0.694. The minimum Gasteiger partial charge on any atom is -0.368 e. The third-order valence-corrected chi connectivity index (χ3v) is 2.55. The van der Waals surface area contributed by atoms with Crippen molar-refractivity contribution in [2.24, 2.45) is 0 Å². The maximum Gasteiger partial charge on any atom is 0.246 e. The van der Waals surface area contributed by atoms with E-state index in [2.05, 4.69) is 10.1 Å². The van der Waals surface area contributed by atoms with Crippen LogP contribution in [0.1, 0.15) is 5.56 Å². The van der Waals surface area contributed by atoms with Crippen molar-refractivity contribution in [1.29, 1.82) is 0 Å². The van der Waals surface area contributed by atoms with Crippen LogP contribution in [0.3, 0.4) is 0 Å². The number of aromatic nitrogens is 3. The fourth-order valence-electron chi connectivity index (χ4n) is 1.46. The molecule has 0 aliphatic carbocycles. The zero-order valence-electron chi connectivity index (χ0n) is 9.76. The molecular weight excluding hydrogens is 238 g/mol. The smallest absolute Gasteiger partial charge is 0.246 e. The highest BCUT2D eigenvalue weighted by Gasteiger charge is 2.08. The van der Waals surface area contributed by atoms with Crippen molar-refractivity contribution in [3.05, 3.63) is 34.9 Å². The Morgan fingerprint density at radius 3 is 2.76 bits per heavy atom. The first-order valence-corrected chi connectivity index (χ1v) is 5.56. The van der Waals surface area contributed by atoms with Crippen molar-refractivity contribution in [3.8, 4) is 0 Å².